The van der Waals surface area contributed by atoms with Crippen LogP contribution in [0.2, 0.25) is 0 Å². The summed E-state index contributed by atoms with van der Waals surface area (Å²) in [4.78, 5) is 12.0. The summed E-state index contributed by atoms with van der Waals surface area (Å²) in [5.74, 6) is -1.73. The van der Waals surface area contributed by atoms with Crippen molar-refractivity contribution in [2.75, 3.05) is 6.54 Å². The summed E-state index contributed by atoms with van der Waals surface area (Å²) in [5, 5.41) is 0. The first kappa shape index (κ1) is 21.1. The van der Waals surface area contributed by atoms with Gasteiger partial charge in [-0.3, -0.25) is 4.79 Å². The maximum atomic E-state index is 13.0. The average Bonchev–Trinajstić information content (AvgIpc) is 2.58. The summed E-state index contributed by atoms with van der Waals surface area (Å²) in [6.07, 6.45) is 0.225. The lowest BCUT2D eigenvalue weighted by Gasteiger charge is -2.18. The van der Waals surface area contributed by atoms with Crippen LogP contribution in [0.4, 0.5) is 4.39 Å². The standard InChI is InChI=1S/C20H25FN2O3S/c1-12-9-13(2)15(4)19(14(12)3)27(25,26)23-11-17(20(22)24)10-16-5-7-18(21)8-6-16/h5-9,17,23H,10-11H2,1-4H3,(H2,22,24). The van der Waals surface area contributed by atoms with Crippen LogP contribution in [0, 0.1) is 39.4 Å². The van der Waals surface area contributed by atoms with Gasteiger partial charge in [-0.1, -0.05) is 18.2 Å². The second-order valence-electron chi connectivity index (χ2n) is 6.87. The smallest absolute Gasteiger partial charge is 0.241 e. The highest BCUT2D eigenvalue weighted by atomic mass is 32.2. The maximum absolute atomic E-state index is 13.0. The Morgan fingerprint density at radius 2 is 1.59 bits per heavy atom. The average molecular weight is 392 g/mol. The van der Waals surface area contributed by atoms with Crippen LogP contribution in [0.1, 0.15) is 27.8 Å². The topological polar surface area (TPSA) is 89.3 Å². The zero-order chi connectivity index (χ0) is 20.4. The van der Waals surface area contributed by atoms with Crippen molar-refractivity contribution >= 4 is 15.9 Å². The van der Waals surface area contributed by atoms with Gasteiger partial charge in [0.15, 0.2) is 0 Å². The van der Waals surface area contributed by atoms with Gasteiger partial charge in [0.25, 0.3) is 0 Å². The molecule has 1 amide bonds. The van der Waals surface area contributed by atoms with Crippen LogP contribution in [-0.4, -0.2) is 20.9 Å². The predicted octanol–water partition coefficient (Wildman–Crippen LogP) is 2.68. The fraction of sp³-hybridized carbons (Fsp3) is 0.350. The first-order chi connectivity index (χ1) is 12.5. The molecule has 0 aliphatic heterocycles. The molecule has 0 radical (unpaired) electrons. The Morgan fingerprint density at radius 3 is 2.07 bits per heavy atom. The monoisotopic (exact) mass is 392 g/mol. The third-order valence-corrected chi connectivity index (χ3v) is 6.58. The second-order valence-corrected chi connectivity index (χ2v) is 8.58. The molecule has 3 N–H and O–H groups in total. The Labute approximate surface area is 159 Å². The number of carbonyl (C=O) groups excluding carboxylic acids is 1. The predicted molar refractivity (Wildman–Crippen MR) is 103 cm³/mol. The summed E-state index contributed by atoms with van der Waals surface area (Å²) < 4.78 is 41.3. The molecule has 0 saturated carbocycles. The van der Waals surface area contributed by atoms with Gasteiger partial charge >= 0.3 is 0 Å². The van der Waals surface area contributed by atoms with E-state index in [-0.39, 0.29) is 23.7 Å². The van der Waals surface area contributed by atoms with E-state index in [0.29, 0.717) is 16.7 Å². The normalized spacial score (nSPS) is 12.8. The zero-order valence-corrected chi connectivity index (χ0v) is 16.8. The van der Waals surface area contributed by atoms with Crippen LogP contribution in [0.5, 0.6) is 0 Å². The van der Waals surface area contributed by atoms with Gasteiger partial charge in [0.1, 0.15) is 5.82 Å². The van der Waals surface area contributed by atoms with Crippen molar-refractivity contribution < 1.29 is 17.6 Å². The van der Waals surface area contributed by atoms with Gasteiger partial charge in [-0.05, 0) is 74.1 Å². The molecule has 0 bridgehead atoms. The number of hydrogen-bond donors (Lipinski definition) is 2. The molecule has 0 aromatic heterocycles. The quantitative estimate of drug-likeness (QED) is 0.759. The van der Waals surface area contributed by atoms with E-state index in [1.807, 2.05) is 19.9 Å². The summed E-state index contributed by atoms with van der Waals surface area (Å²) in [7, 11) is -3.81. The number of nitrogens with one attached hydrogen (secondary N) is 1. The molecule has 2 aromatic carbocycles. The van der Waals surface area contributed by atoms with Crippen molar-refractivity contribution in [3.63, 3.8) is 0 Å². The van der Waals surface area contributed by atoms with E-state index in [1.54, 1.807) is 26.0 Å². The van der Waals surface area contributed by atoms with E-state index < -0.39 is 21.8 Å². The maximum Gasteiger partial charge on any atom is 0.241 e. The van der Waals surface area contributed by atoms with Crippen LogP contribution in [0.15, 0.2) is 35.2 Å². The number of nitrogens with two attached hydrogens (primary N) is 1. The number of benzene rings is 2. The molecule has 0 fully saturated rings. The number of primary amides is 1. The third kappa shape index (κ3) is 4.93. The highest BCUT2D eigenvalue weighted by Crippen LogP contribution is 2.26. The first-order valence-corrected chi connectivity index (χ1v) is 10.1. The molecule has 0 aliphatic carbocycles. The van der Waals surface area contributed by atoms with Crippen molar-refractivity contribution in [1.29, 1.82) is 0 Å². The lowest BCUT2D eigenvalue weighted by atomic mass is 9.99. The Morgan fingerprint density at radius 1 is 1.07 bits per heavy atom. The van der Waals surface area contributed by atoms with Crippen molar-refractivity contribution in [1.82, 2.24) is 4.72 Å². The highest BCUT2D eigenvalue weighted by molar-refractivity contribution is 7.89. The van der Waals surface area contributed by atoms with E-state index in [2.05, 4.69) is 4.72 Å². The molecule has 7 heteroatoms. The molecule has 1 atom stereocenters. The van der Waals surface area contributed by atoms with Crippen LogP contribution in [-0.2, 0) is 21.2 Å². The molecule has 1 unspecified atom stereocenters. The molecular formula is C20H25FN2O3S. The van der Waals surface area contributed by atoms with Gasteiger partial charge in [-0.25, -0.2) is 17.5 Å². The minimum absolute atomic E-state index is 0.124. The van der Waals surface area contributed by atoms with Crippen molar-refractivity contribution in [2.24, 2.45) is 11.7 Å². The Bertz CT molecular complexity index is 928. The summed E-state index contributed by atoms with van der Waals surface area (Å²) in [6, 6.07) is 7.64. The van der Waals surface area contributed by atoms with Crippen molar-refractivity contribution in [2.45, 2.75) is 39.0 Å². The van der Waals surface area contributed by atoms with E-state index in [9.17, 15) is 17.6 Å². The molecule has 0 spiro atoms. The van der Waals surface area contributed by atoms with E-state index in [0.717, 1.165) is 11.1 Å². The Kier molecular flexibility index (Phi) is 6.38. The number of rotatable bonds is 7. The number of amides is 1. The lowest BCUT2D eigenvalue weighted by Crippen LogP contribution is -2.37. The van der Waals surface area contributed by atoms with Gasteiger partial charge in [-0.15, -0.1) is 0 Å². The van der Waals surface area contributed by atoms with Gasteiger partial charge in [0, 0.05) is 6.54 Å². The largest absolute Gasteiger partial charge is 0.369 e. The molecule has 0 saturated heterocycles. The molecule has 0 aliphatic rings. The summed E-state index contributed by atoms with van der Waals surface area (Å²) in [6.45, 7) is 7.13. The van der Waals surface area contributed by atoms with Crippen LogP contribution in [0.3, 0.4) is 0 Å². The molecule has 27 heavy (non-hydrogen) atoms. The Balaban J connectivity index is 2.24. The molecule has 5 nitrogen and oxygen atoms in total. The Hall–Kier alpha value is -2.25. The van der Waals surface area contributed by atoms with Gasteiger partial charge in [-0.2, -0.15) is 0 Å². The van der Waals surface area contributed by atoms with Crippen LogP contribution >= 0.6 is 0 Å². The fourth-order valence-corrected chi connectivity index (χ4v) is 4.74. The second kappa shape index (κ2) is 8.19. The first-order valence-electron chi connectivity index (χ1n) is 8.63. The number of carbonyl (C=O) groups is 1. The van der Waals surface area contributed by atoms with Gasteiger partial charge < -0.3 is 5.73 Å². The van der Waals surface area contributed by atoms with Crippen LogP contribution < -0.4 is 10.5 Å². The van der Waals surface area contributed by atoms with Gasteiger partial charge in [0.05, 0.1) is 10.8 Å². The van der Waals surface area contributed by atoms with Crippen molar-refractivity contribution in [3.05, 3.63) is 64.0 Å². The fourth-order valence-electron chi connectivity index (χ4n) is 3.04. The summed E-state index contributed by atoms with van der Waals surface area (Å²) >= 11 is 0. The minimum Gasteiger partial charge on any atom is -0.369 e. The SMILES string of the molecule is Cc1cc(C)c(C)c(S(=O)(=O)NCC(Cc2ccc(F)cc2)C(N)=O)c1C. The highest BCUT2D eigenvalue weighted by Gasteiger charge is 2.25. The molecule has 2 rings (SSSR count). The number of aryl methyl sites for hydroxylation is 2. The summed E-state index contributed by atoms with van der Waals surface area (Å²) in [5.41, 5.74) is 9.28. The lowest BCUT2D eigenvalue weighted by molar-refractivity contribution is -0.121. The zero-order valence-electron chi connectivity index (χ0n) is 16.0. The van der Waals surface area contributed by atoms with Crippen LogP contribution in [0.25, 0.3) is 0 Å². The number of sulfonamides is 1. The third-order valence-electron chi connectivity index (χ3n) is 4.88. The number of hydrogen-bond acceptors (Lipinski definition) is 3. The van der Waals surface area contributed by atoms with Crippen molar-refractivity contribution in [3.8, 4) is 0 Å². The van der Waals surface area contributed by atoms with E-state index >= 15 is 0 Å². The molecule has 2 aromatic rings. The minimum atomic E-state index is -3.81. The molecule has 146 valence electrons. The molecule has 0 heterocycles. The van der Waals surface area contributed by atoms with E-state index in [4.69, 9.17) is 5.73 Å². The van der Waals surface area contributed by atoms with E-state index in [1.165, 1.54) is 12.1 Å². The van der Waals surface area contributed by atoms with Gasteiger partial charge in [0.2, 0.25) is 15.9 Å². The molecular weight excluding hydrogens is 367 g/mol. The number of halogens is 1.